The fourth-order valence-corrected chi connectivity index (χ4v) is 9.92. The van der Waals surface area contributed by atoms with Crippen LogP contribution in [0.25, 0.3) is 0 Å². The zero-order valence-electron chi connectivity index (χ0n) is 24.5. The maximum atomic E-state index is 12.8. The number of aryl methyl sites for hydroxylation is 1. The summed E-state index contributed by atoms with van der Waals surface area (Å²) in [4.78, 5) is 28.7. The molecule has 0 spiro atoms. The van der Waals surface area contributed by atoms with Crippen LogP contribution in [-0.2, 0) is 13.9 Å². The average Bonchev–Trinajstić information content (AvgIpc) is 3.24. The molecule has 0 aliphatic carbocycles. The van der Waals surface area contributed by atoms with E-state index in [0.717, 1.165) is 10.4 Å². The predicted octanol–water partition coefficient (Wildman–Crippen LogP) is 0.945. The molecule has 0 bridgehead atoms. The number of nitrogens with zero attached hydrogens (tertiary/aromatic N) is 2. The first-order valence-corrected chi connectivity index (χ1v) is 15.6. The summed E-state index contributed by atoms with van der Waals surface area (Å²) in [5.74, 6) is 0. The molecular weight excluding hydrogens is 542 g/mol. The number of ether oxygens (including phenoxy) is 2. The van der Waals surface area contributed by atoms with Gasteiger partial charge in [-0.2, -0.15) is 0 Å². The molecule has 41 heavy (non-hydrogen) atoms. The van der Waals surface area contributed by atoms with Crippen molar-refractivity contribution in [2.75, 3.05) is 27.3 Å². The Morgan fingerprint density at radius 1 is 1.05 bits per heavy atom. The molecule has 3 N–H and O–H groups in total. The van der Waals surface area contributed by atoms with Crippen LogP contribution in [0.5, 0.6) is 0 Å². The van der Waals surface area contributed by atoms with E-state index in [1.807, 2.05) is 36.4 Å². The van der Waals surface area contributed by atoms with Crippen molar-refractivity contribution < 1.29 is 24.1 Å². The summed E-state index contributed by atoms with van der Waals surface area (Å²) in [7, 11) is 0.453. The first-order valence-electron chi connectivity index (χ1n) is 13.7. The van der Waals surface area contributed by atoms with Gasteiger partial charge in [-0.1, -0.05) is 81.4 Å². The quantitative estimate of drug-likeness (QED) is 0.238. The number of hydrogen-bond acceptors (Lipinski definition) is 8. The molecule has 1 aromatic heterocycles. The minimum Gasteiger partial charge on any atom is -0.405 e. The first kappa shape index (κ1) is 31.0. The van der Waals surface area contributed by atoms with E-state index in [1.165, 1.54) is 10.8 Å². The van der Waals surface area contributed by atoms with Crippen LogP contribution in [0.15, 0.2) is 76.4 Å². The lowest BCUT2D eigenvalue weighted by Crippen LogP contribution is -2.67. The van der Waals surface area contributed by atoms with Gasteiger partial charge in [0.25, 0.3) is 13.9 Å². The molecule has 0 amide bonds. The second-order valence-electron chi connectivity index (χ2n) is 11.8. The third-order valence-corrected chi connectivity index (χ3v) is 12.7. The number of aromatic nitrogens is 2. The molecule has 0 saturated carbocycles. The van der Waals surface area contributed by atoms with E-state index in [9.17, 15) is 19.8 Å². The number of hydrogen-bond donors (Lipinski definition) is 3. The van der Waals surface area contributed by atoms with Gasteiger partial charge in [-0.25, -0.2) is 4.79 Å². The van der Waals surface area contributed by atoms with E-state index in [0.29, 0.717) is 5.56 Å². The predicted molar refractivity (Wildman–Crippen MR) is 159 cm³/mol. The molecule has 222 valence electrons. The molecule has 1 aliphatic heterocycles. The van der Waals surface area contributed by atoms with Gasteiger partial charge in [-0.05, 0) is 36.4 Å². The minimum atomic E-state index is -2.94. The average molecular weight is 584 g/mol. The van der Waals surface area contributed by atoms with Crippen molar-refractivity contribution in [3.63, 3.8) is 0 Å². The molecular formula is C30H41N3O7Si. The molecule has 1 aliphatic rings. The van der Waals surface area contributed by atoms with E-state index in [4.69, 9.17) is 13.9 Å². The number of nitrogens with one attached hydrogen (secondary N) is 1. The summed E-state index contributed by atoms with van der Waals surface area (Å²) in [5.41, 5.74) is -0.883. The molecule has 5 atom stereocenters. The third kappa shape index (κ3) is 6.31. The van der Waals surface area contributed by atoms with Crippen molar-refractivity contribution in [3.8, 4) is 0 Å². The van der Waals surface area contributed by atoms with Gasteiger partial charge < -0.3 is 24.1 Å². The molecule has 1 fully saturated rings. The Balaban J connectivity index is 1.71. The highest BCUT2D eigenvalue weighted by atomic mass is 28.4. The van der Waals surface area contributed by atoms with Crippen LogP contribution in [0.1, 0.15) is 32.6 Å². The summed E-state index contributed by atoms with van der Waals surface area (Å²) < 4.78 is 20.5. The van der Waals surface area contributed by atoms with Gasteiger partial charge in [0.15, 0.2) is 6.23 Å². The van der Waals surface area contributed by atoms with Gasteiger partial charge in [-0.3, -0.25) is 19.2 Å². The van der Waals surface area contributed by atoms with Crippen molar-refractivity contribution >= 4 is 18.7 Å². The zero-order valence-corrected chi connectivity index (χ0v) is 25.5. The monoisotopic (exact) mass is 583 g/mol. The normalized spacial score (nSPS) is 22.3. The summed E-state index contributed by atoms with van der Waals surface area (Å²) in [6.07, 6.45) is -3.67. The number of likely N-dealkylation sites (N-methyl/N-ethyl adjacent to an activating group) is 1. The molecule has 3 aromatic rings. The number of H-pyrrole nitrogens is 1. The zero-order chi connectivity index (χ0) is 29.9. The van der Waals surface area contributed by atoms with Gasteiger partial charge in [0.1, 0.15) is 24.5 Å². The lowest BCUT2D eigenvalue weighted by molar-refractivity contribution is -0.113. The van der Waals surface area contributed by atoms with Crippen LogP contribution in [-0.4, -0.2) is 84.8 Å². The maximum Gasteiger partial charge on any atom is 0.330 e. The van der Waals surface area contributed by atoms with E-state index in [1.54, 1.807) is 25.9 Å². The van der Waals surface area contributed by atoms with Crippen LogP contribution in [0.4, 0.5) is 0 Å². The Bertz CT molecular complexity index is 1370. The molecule has 2 heterocycles. The summed E-state index contributed by atoms with van der Waals surface area (Å²) >= 11 is 0. The van der Waals surface area contributed by atoms with Crippen molar-refractivity contribution in [3.05, 3.63) is 93.3 Å². The standard InChI is InChI=1S/C30H41N3O7Si/c1-20-17-33(29(37)31-27(20)36)28-26(38-19-24(34)32(5)6)25(35)23(40-28)18-39-41(30(2,3)4,21-13-9-7-10-14-21)22-15-11-8-12-16-22/h7-17,23-26,28,34-35H,18-19H2,1-6H3,(H,31,36,37)/t23-,24?,25?,26?,28-/m0/s1. The van der Waals surface area contributed by atoms with E-state index >= 15 is 0 Å². The van der Waals surface area contributed by atoms with Gasteiger partial charge in [0.2, 0.25) is 0 Å². The second kappa shape index (κ2) is 12.5. The van der Waals surface area contributed by atoms with Crippen LogP contribution < -0.4 is 21.6 Å². The number of rotatable bonds is 10. The summed E-state index contributed by atoms with van der Waals surface area (Å²) in [5, 5.41) is 23.7. The third-order valence-electron chi connectivity index (χ3n) is 7.65. The van der Waals surface area contributed by atoms with Gasteiger partial charge >= 0.3 is 5.69 Å². The van der Waals surface area contributed by atoms with Gasteiger partial charge in [0, 0.05) is 11.8 Å². The van der Waals surface area contributed by atoms with E-state index in [-0.39, 0.29) is 18.3 Å². The smallest absolute Gasteiger partial charge is 0.330 e. The second-order valence-corrected chi connectivity index (χ2v) is 16.1. The topological polar surface area (TPSA) is 126 Å². The number of aromatic amines is 1. The number of aliphatic hydroxyl groups is 2. The first-order chi connectivity index (χ1) is 19.4. The number of aliphatic hydroxyl groups excluding tert-OH is 2. The number of benzene rings is 2. The van der Waals surface area contributed by atoms with Crippen LogP contribution in [0.3, 0.4) is 0 Å². The Morgan fingerprint density at radius 2 is 1.61 bits per heavy atom. The largest absolute Gasteiger partial charge is 0.405 e. The summed E-state index contributed by atoms with van der Waals surface area (Å²) in [6.45, 7) is 7.95. The Morgan fingerprint density at radius 3 is 2.12 bits per heavy atom. The maximum absolute atomic E-state index is 12.8. The Kier molecular flexibility index (Phi) is 9.49. The van der Waals surface area contributed by atoms with E-state index < -0.39 is 50.3 Å². The van der Waals surface area contributed by atoms with Crippen molar-refractivity contribution in [1.29, 1.82) is 0 Å². The fourth-order valence-electron chi connectivity index (χ4n) is 5.35. The van der Waals surface area contributed by atoms with Crippen LogP contribution in [0, 0.1) is 6.92 Å². The lowest BCUT2D eigenvalue weighted by atomic mass is 10.1. The minimum absolute atomic E-state index is 0.0259. The summed E-state index contributed by atoms with van der Waals surface area (Å²) in [6, 6.07) is 20.2. The van der Waals surface area contributed by atoms with Crippen molar-refractivity contribution in [1.82, 2.24) is 14.5 Å². The lowest BCUT2D eigenvalue weighted by Gasteiger charge is -2.43. The SMILES string of the molecule is Cc1cn([C@H]2O[C@@H](CO[Si](c3ccccc3)(c3ccccc3)C(C)(C)C)C(O)C2OCC(O)N(C)C)c(=O)[nH]c1=O. The van der Waals surface area contributed by atoms with Crippen LogP contribution >= 0.6 is 0 Å². The molecule has 11 heteroatoms. The molecule has 3 unspecified atom stereocenters. The van der Waals surface area contributed by atoms with Gasteiger partial charge in [-0.15, -0.1) is 0 Å². The van der Waals surface area contributed by atoms with Crippen molar-refractivity contribution in [2.24, 2.45) is 0 Å². The Hall–Kier alpha value is -2.90. The molecule has 10 nitrogen and oxygen atoms in total. The highest BCUT2D eigenvalue weighted by molar-refractivity contribution is 6.99. The van der Waals surface area contributed by atoms with Crippen molar-refractivity contribution in [2.45, 2.75) is 63.5 Å². The fraction of sp³-hybridized carbons (Fsp3) is 0.467. The molecule has 4 rings (SSSR count). The van der Waals surface area contributed by atoms with Gasteiger partial charge in [0.05, 0.1) is 13.2 Å². The Labute approximate surface area is 241 Å². The molecule has 2 aromatic carbocycles. The van der Waals surface area contributed by atoms with Crippen LogP contribution in [0.2, 0.25) is 5.04 Å². The highest BCUT2D eigenvalue weighted by Gasteiger charge is 2.53. The highest BCUT2D eigenvalue weighted by Crippen LogP contribution is 2.38. The molecule has 0 radical (unpaired) electrons. The van der Waals surface area contributed by atoms with E-state index in [2.05, 4.69) is 50.0 Å². The molecule has 1 saturated heterocycles.